The zero-order chi connectivity index (χ0) is 8.10. The molecule has 0 heterocycles. The maximum atomic E-state index is 10.5. The van der Waals surface area contributed by atoms with Crippen LogP contribution in [0.2, 0.25) is 0 Å². The highest BCUT2D eigenvalue weighted by molar-refractivity contribution is 5.53. The Morgan fingerprint density at radius 3 is 2.27 bits per heavy atom. The Morgan fingerprint density at radius 1 is 1.27 bits per heavy atom. The molecule has 0 saturated heterocycles. The number of hydrogen-bond acceptors (Lipinski definition) is 1. The highest BCUT2D eigenvalue weighted by Crippen LogP contribution is 2.23. The fourth-order valence-electron chi connectivity index (χ4n) is 1.63. The smallest absolute Gasteiger partial charge is 0.123 e. The van der Waals surface area contributed by atoms with E-state index in [1.54, 1.807) is 0 Å². The standard InChI is InChI=1S/C10H16O/c1-9-4-2-6-10(8-11)7-3-5-9/h8,10H,1-7H2. The minimum Gasteiger partial charge on any atom is -0.303 e. The molecule has 0 atom stereocenters. The van der Waals surface area contributed by atoms with Crippen molar-refractivity contribution in [2.45, 2.75) is 38.5 Å². The molecule has 0 spiro atoms. The van der Waals surface area contributed by atoms with Gasteiger partial charge in [-0.1, -0.05) is 12.2 Å². The van der Waals surface area contributed by atoms with Crippen molar-refractivity contribution in [1.29, 1.82) is 0 Å². The van der Waals surface area contributed by atoms with Crippen LogP contribution >= 0.6 is 0 Å². The zero-order valence-electron chi connectivity index (χ0n) is 7.01. The molecule has 0 amide bonds. The Labute approximate surface area is 68.5 Å². The van der Waals surface area contributed by atoms with Gasteiger partial charge in [-0.05, 0) is 38.5 Å². The van der Waals surface area contributed by atoms with Crippen molar-refractivity contribution < 1.29 is 4.79 Å². The molecule has 1 fully saturated rings. The minimum atomic E-state index is 0.336. The topological polar surface area (TPSA) is 17.1 Å². The van der Waals surface area contributed by atoms with E-state index in [-0.39, 0.29) is 0 Å². The van der Waals surface area contributed by atoms with Gasteiger partial charge >= 0.3 is 0 Å². The average molecular weight is 152 g/mol. The Morgan fingerprint density at radius 2 is 1.82 bits per heavy atom. The summed E-state index contributed by atoms with van der Waals surface area (Å²) in [4.78, 5) is 10.5. The summed E-state index contributed by atoms with van der Waals surface area (Å²) in [6.07, 6.45) is 7.83. The molecule has 0 aromatic carbocycles. The van der Waals surface area contributed by atoms with E-state index in [1.807, 2.05) is 0 Å². The summed E-state index contributed by atoms with van der Waals surface area (Å²) in [6.45, 7) is 3.98. The predicted octanol–water partition coefficient (Wildman–Crippen LogP) is 2.71. The van der Waals surface area contributed by atoms with Gasteiger partial charge < -0.3 is 4.79 Å². The van der Waals surface area contributed by atoms with Crippen LogP contribution in [-0.2, 0) is 4.79 Å². The van der Waals surface area contributed by atoms with Gasteiger partial charge in [0.1, 0.15) is 6.29 Å². The lowest BCUT2D eigenvalue weighted by molar-refractivity contribution is -0.111. The van der Waals surface area contributed by atoms with E-state index >= 15 is 0 Å². The number of aldehydes is 1. The molecule has 0 radical (unpaired) electrons. The molecule has 1 rings (SSSR count). The van der Waals surface area contributed by atoms with Crippen LogP contribution in [0.5, 0.6) is 0 Å². The molecule has 0 aromatic rings. The van der Waals surface area contributed by atoms with Gasteiger partial charge in [-0.25, -0.2) is 0 Å². The van der Waals surface area contributed by atoms with Crippen molar-refractivity contribution in [3.05, 3.63) is 12.2 Å². The first-order valence-corrected chi connectivity index (χ1v) is 4.45. The third kappa shape index (κ3) is 2.87. The molecule has 1 aliphatic carbocycles. The van der Waals surface area contributed by atoms with Gasteiger partial charge in [0.25, 0.3) is 0 Å². The monoisotopic (exact) mass is 152 g/mol. The van der Waals surface area contributed by atoms with Crippen molar-refractivity contribution in [3.8, 4) is 0 Å². The van der Waals surface area contributed by atoms with E-state index in [9.17, 15) is 4.79 Å². The maximum absolute atomic E-state index is 10.5. The maximum Gasteiger partial charge on any atom is 0.123 e. The van der Waals surface area contributed by atoms with Crippen molar-refractivity contribution in [3.63, 3.8) is 0 Å². The molecule has 1 saturated carbocycles. The van der Waals surface area contributed by atoms with Crippen molar-refractivity contribution in [2.75, 3.05) is 0 Å². The Hall–Kier alpha value is -0.590. The zero-order valence-corrected chi connectivity index (χ0v) is 7.01. The number of hydrogen-bond donors (Lipinski definition) is 0. The van der Waals surface area contributed by atoms with Crippen molar-refractivity contribution in [1.82, 2.24) is 0 Å². The molecular formula is C10H16O. The molecule has 0 bridgehead atoms. The van der Waals surface area contributed by atoms with Gasteiger partial charge in [0, 0.05) is 5.92 Å². The van der Waals surface area contributed by atoms with Gasteiger partial charge in [-0.2, -0.15) is 0 Å². The number of carbonyl (C=O) groups excluding carboxylic acids is 1. The lowest BCUT2D eigenvalue weighted by Crippen LogP contribution is -2.05. The summed E-state index contributed by atoms with van der Waals surface area (Å²) in [5, 5.41) is 0. The first kappa shape index (κ1) is 8.51. The Balaban J connectivity index is 2.33. The van der Waals surface area contributed by atoms with Crippen LogP contribution in [0, 0.1) is 5.92 Å². The van der Waals surface area contributed by atoms with Gasteiger partial charge in [-0.15, -0.1) is 0 Å². The van der Waals surface area contributed by atoms with E-state index in [1.165, 1.54) is 5.57 Å². The van der Waals surface area contributed by atoms with Crippen LogP contribution in [0.25, 0.3) is 0 Å². The Bertz CT molecular complexity index is 137. The second kappa shape index (κ2) is 4.32. The minimum absolute atomic E-state index is 0.336. The lowest BCUT2D eigenvalue weighted by Gasteiger charge is -2.14. The van der Waals surface area contributed by atoms with Crippen LogP contribution < -0.4 is 0 Å². The van der Waals surface area contributed by atoms with Crippen LogP contribution in [0.3, 0.4) is 0 Å². The van der Waals surface area contributed by atoms with E-state index in [0.29, 0.717) is 5.92 Å². The molecule has 1 aliphatic rings. The van der Waals surface area contributed by atoms with Gasteiger partial charge in [-0.3, -0.25) is 0 Å². The lowest BCUT2D eigenvalue weighted by atomic mass is 9.90. The van der Waals surface area contributed by atoms with Gasteiger partial charge in [0.05, 0.1) is 0 Å². The summed E-state index contributed by atoms with van der Waals surface area (Å²) in [5.74, 6) is 0.336. The molecular weight excluding hydrogens is 136 g/mol. The number of allylic oxidation sites excluding steroid dienone is 1. The fourth-order valence-corrected chi connectivity index (χ4v) is 1.63. The van der Waals surface area contributed by atoms with Crippen molar-refractivity contribution in [2.24, 2.45) is 5.92 Å². The summed E-state index contributed by atoms with van der Waals surface area (Å²) in [5.41, 5.74) is 1.37. The number of carbonyl (C=O) groups is 1. The van der Waals surface area contributed by atoms with Crippen LogP contribution in [-0.4, -0.2) is 6.29 Å². The molecule has 1 nitrogen and oxygen atoms in total. The summed E-state index contributed by atoms with van der Waals surface area (Å²) < 4.78 is 0. The Kier molecular flexibility index (Phi) is 3.34. The van der Waals surface area contributed by atoms with Crippen LogP contribution in [0.1, 0.15) is 38.5 Å². The van der Waals surface area contributed by atoms with E-state index < -0.39 is 0 Å². The highest BCUT2D eigenvalue weighted by Gasteiger charge is 2.10. The van der Waals surface area contributed by atoms with Gasteiger partial charge in [0.2, 0.25) is 0 Å². The summed E-state index contributed by atoms with van der Waals surface area (Å²) in [7, 11) is 0. The van der Waals surface area contributed by atoms with E-state index in [4.69, 9.17) is 0 Å². The third-order valence-corrected chi connectivity index (χ3v) is 2.40. The molecule has 0 aromatic heterocycles. The van der Waals surface area contributed by atoms with E-state index in [2.05, 4.69) is 6.58 Å². The first-order valence-electron chi connectivity index (χ1n) is 4.45. The summed E-state index contributed by atoms with van der Waals surface area (Å²) in [6, 6.07) is 0. The second-order valence-corrected chi connectivity index (χ2v) is 3.43. The van der Waals surface area contributed by atoms with Crippen LogP contribution in [0.15, 0.2) is 12.2 Å². The molecule has 0 aliphatic heterocycles. The largest absolute Gasteiger partial charge is 0.303 e. The van der Waals surface area contributed by atoms with Crippen LogP contribution in [0.4, 0.5) is 0 Å². The molecule has 62 valence electrons. The highest BCUT2D eigenvalue weighted by atomic mass is 16.1. The molecule has 1 heteroatoms. The first-order chi connectivity index (χ1) is 5.33. The number of rotatable bonds is 1. The SMILES string of the molecule is C=C1CCCC(C=O)CCC1. The quantitative estimate of drug-likeness (QED) is 0.417. The van der Waals surface area contributed by atoms with Crippen molar-refractivity contribution >= 4 is 6.29 Å². The normalized spacial score (nSPS) is 22.4. The second-order valence-electron chi connectivity index (χ2n) is 3.43. The fraction of sp³-hybridized carbons (Fsp3) is 0.700. The molecule has 11 heavy (non-hydrogen) atoms. The molecule has 0 N–H and O–H groups in total. The molecule has 0 unspecified atom stereocenters. The average Bonchev–Trinajstić information content (AvgIpc) is 1.96. The third-order valence-electron chi connectivity index (χ3n) is 2.40. The summed E-state index contributed by atoms with van der Waals surface area (Å²) >= 11 is 0. The predicted molar refractivity (Wildman–Crippen MR) is 46.4 cm³/mol. The van der Waals surface area contributed by atoms with Gasteiger partial charge in [0.15, 0.2) is 0 Å². The van der Waals surface area contributed by atoms with E-state index in [0.717, 1.165) is 44.8 Å².